The summed E-state index contributed by atoms with van der Waals surface area (Å²) < 4.78 is 23.0. The molecule has 0 aliphatic carbocycles. The molecule has 5 rings (SSSR count). The molecule has 4 aromatic rings. The van der Waals surface area contributed by atoms with Crippen molar-refractivity contribution in [2.24, 2.45) is 0 Å². The number of ether oxygens (including phenoxy) is 1. The Hall–Kier alpha value is -3.81. The molecule has 0 radical (unpaired) electrons. The van der Waals surface area contributed by atoms with Crippen molar-refractivity contribution in [1.82, 2.24) is 29.3 Å². The minimum atomic E-state index is -0.228. The van der Waals surface area contributed by atoms with Gasteiger partial charge in [0.05, 0.1) is 24.8 Å². The Morgan fingerprint density at radius 1 is 1.16 bits per heavy atom. The third kappa shape index (κ3) is 3.91. The minimum Gasteiger partial charge on any atom is -0.479 e. The number of benzene rings is 1. The number of imidazole rings is 1. The summed E-state index contributed by atoms with van der Waals surface area (Å²) in [6.07, 6.45) is 9.28. The Balaban J connectivity index is 1.41. The lowest BCUT2D eigenvalue weighted by atomic mass is 9.91. The molecule has 1 atom stereocenters. The van der Waals surface area contributed by atoms with Crippen molar-refractivity contribution < 1.29 is 9.13 Å². The van der Waals surface area contributed by atoms with Gasteiger partial charge in [0, 0.05) is 18.7 Å². The molecule has 1 aromatic carbocycles. The van der Waals surface area contributed by atoms with Gasteiger partial charge in [-0.3, -0.25) is 0 Å². The van der Waals surface area contributed by atoms with Crippen LogP contribution in [-0.4, -0.2) is 36.4 Å². The number of methoxy groups -OCH3 is 1. The van der Waals surface area contributed by atoms with E-state index in [0.29, 0.717) is 11.7 Å². The third-order valence-electron chi connectivity index (χ3n) is 5.59. The summed E-state index contributed by atoms with van der Waals surface area (Å²) in [5, 5.41) is 4.63. The van der Waals surface area contributed by atoms with Crippen LogP contribution in [0.1, 0.15) is 47.4 Å². The Kier molecular flexibility index (Phi) is 5.26. The molecule has 162 valence electrons. The Labute approximate surface area is 185 Å². The molecule has 3 aromatic heterocycles. The van der Waals surface area contributed by atoms with Gasteiger partial charge in [-0.25, -0.2) is 24.0 Å². The number of aryl methyl sites for hydroxylation is 2. The van der Waals surface area contributed by atoms with Crippen LogP contribution >= 0.6 is 0 Å². The molecule has 1 aliphatic rings. The second-order valence-corrected chi connectivity index (χ2v) is 7.82. The second kappa shape index (κ2) is 8.37. The average Bonchev–Trinajstić information content (AvgIpc) is 3.43. The highest BCUT2D eigenvalue weighted by atomic mass is 19.1. The van der Waals surface area contributed by atoms with Crippen LogP contribution in [-0.2, 0) is 6.54 Å². The molecular formula is C24H23FN6O. The highest BCUT2D eigenvalue weighted by Gasteiger charge is 2.25. The fourth-order valence-corrected chi connectivity index (χ4v) is 4.08. The quantitative estimate of drug-likeness (QED) is 0.469. The van der Waals surface area contributed by atoms with Crippen molar-refractivity contribution in [2.75, 3.05) is 7.11 Å². The SMILES string of the molecule is COc1nc(C=Cc2nc3n(n2)CCCC3c2cccc(F)c2)ccc1-n1cnc(C)c1. The predicted octanol–water partition coefficient (Wildman–Crippen LogP) is 4.41. The molecule has 0 bridgehead atoms. The van der Waals surface area contributed by atoms with E-state index >= 15 is 0 Å². The smallest absolute Gasteiger partial charge is 0.238 e. The first-order valence-electron chi connectivity index (χ1n) is 10.5. The van der Waals surface area contributed by atoms with E-state index < -0.39 is 0 Å². The van der Waals surface area contributed by atoms with Crippen molar-refractivity contribution in [1.29, 1.82) is 0 Å². The van der Waals surface area contributed by atoms with Gasteiger partial charge < -0.3 is 9.30 Å². The molecule has 32 heavy (non-hydrogen) atoms. The van der Waals surface area contributed by atoms with E-state index in [1.54, 1.807) is 25.6 Å². The summed E-state index contributed by atoms with van der Waals surface area (Å²) in [6, 6.07) is 10.6. The van der Waals surface area contributed by atoms with Gasteiger partial charge in [0.25, 0.3) is 0 Å². The number of aromatic nitrogens is 6. The molecule has 0 amide bonds. The topological polar surface area (TPSA) is 70.7 Å². The Morgan fingerprint density at radius 2 is 2.06 bits per heavy atom. The van der Waals surface area contributed by atoms with Crippen LogP contribution in [0.4, 0.5) is 4.39 Å². The van der Waals surface area contributed by atoms with Crippen molar-refractivity contribution in [2.45, 2.75) is 32.2 Å². The predicted molar refractivity (Wildman–Crippen MR) is 119 cm³/mol. The number of rotatable bonds is 5. The molecular weight excluding hydrogens is 407 g/mol. The normalized spacial score (nSPS) is 15.8. The molecule has 7 nitrogen and oxygen atoms in total. The molecule has 0 fully saturated rings. The molecule has 1 unspecified atom stereocenters. The highest BCUT2D eigenvalue weighted by Crippen LogP contribution is 2.32. The van der Waals surface area contributed by atoms with Crippen LogP contribution < -0.4 is 4.74 Å². The van der Waals surface area contributed by atoms with E-state index in [9.17, 15) is 4.39 Å². The third-order valence-corrected chi connectivity index (χ3v) is 5.59. The van der Waals surface area contributed by atoms with E-state index in [1.165, 1.54) is 6.07 Å². The van der Waals surface area contributed by atoms with Crippen molar-refractivity contribution in [3.8, 4) is 11.6 Å². The summed E-state index contributed by atoms with van der Waals surface area (Å²) in [6.45, 7) is 2.75. The van der Waals surface area contributed by atoms with Gasteiger partial charge >= 0.3 is 0 Å². The van der Waals surface area contributed by atoms with Gasteiger partial charge in [-0.15, -0.1) is 0 Å². The van der Waals surface area contributed by atoms with Crippen LogP contribution in [0.3, 0.4) is 0 Å². The van der Waals surface area contributed by atoms with Crippen molar-refractivity contribution in [3.63, 3.8) is 0 Å². The van der Waals surface area contributed by atoms with Gasteiger partial charge in [-0.05, 0) is 61.7 Å². The molecule has 0 N–H and O–H groups in total. The molecule has 0 saturated carbocycles. The maximum Gasteiger partial charge on any atom is 0.238 e. The van der Waals surface area contributed by atoms with E-state index in [-0.39, 0.29) is 11.7 Å². The number of hydrogen-bond donors (Lipinski definition) is 0. The zero-order chi connectivity index (χ0) is 22.1. The average molecular weight is 430 g/mol. The number of pyridine rings is 1. The first-order chi connectivity index (χ1) is 15.6. The van der Waals surface area contributed by atoms with Gasteiger partial charge in [-0.2, -0.15) is 5.10 Å². The Morgan fingerprint density at radius 3 is 2.84 bits per heavy atom. The van der Waals surface area contributed by atoms with Gasteiger partial charge in [-0.1, -0.05) is 12.1 Å². The second-order valence-electron chi connectivity index (χ2n) is 7.82. The van der Waals surface area contributed by atoms with E-state index in [0.717, 1.165) is 47.8 Å². The highest BCUT2D eigenvalue weighted by molar-refractivity contribution is 5.65. The van der Waals surface area contributed by atoms with Crippen LogP contribution in [0, 0.1) is 12.7 Å². The fourth-order valence-electron chi connectivity index (χ4n) is 4.08. The number of nitrogens with zero attached hydrogens (tertiary/aromatic N) is 6. The summed E-state index contributed by atoms with van der Waals surface area (Å²) >= 11 is 0. The first-order valence-corrected chi connectivity index (χ1v) is 10.5. The lowest BCUT2D eigenvalue weighted by Gasteiger charge is -2.22. The summed E-state index contributed by atoms with van der Waals surface area (Å²) in [7, 11) is 1.60. The lowest BCUT2D eigenvalue weighted by Crippen LogP contribution is -2.18. The number of halogens is 1. The largest absolute Gasteiger partial charge is 0.479 e. The van der Waals surface area contributed by atoms with E-state index in [2.05, 4.69) is 15.1 Å². The maximum absolute atomic E-state index is 13.7. The fraction of sp³-hybridized carbons (Fsp3) is 0.250. The van der Waals surface area contributed by atoms with Gasteiger partial charge in [0.2, 0.25) is 5.88 Å². The molecule has 4 heterocycles. The first kappa shape index (κ1) is 20.1. The lowest BCUT2D eigenvalue weighted by molar-refractivity contribution is 0.395. The zero-order valence-electron chi connectivity index (χ0n) is 17.9. The maximum atomic E-state index is 13.7. The van der Waals surface area contributed by atoms with Crippen LogP contribution in [0.15, 0.2) is 48.9 Å². The van der Waals surface area contributed by atoms with Crippen LogP contribution in [0.5, 0.6) is 5.88 Å². The van der Waals surface area contributed by atoms with E-state index in [4.69, 9.17) is 9.72 Å². The van der Waals surface area contributed by atoms with Crippen LogP contribution in [0.2, 0.25) is 0 Å². The minimum absolute atomic E-state index is 0.0465. The molecule has 8 heteroatoms. The summed E-state index contributed by atoms with van der Waals surface area (Å²) in [5.41, 5.74) is 3.41. The number of fused-ring (bicyclic) bond motifs is 1. The van der Waals surface area contributed by atoms with E-state index in [1.807, 2.05) is 52.7 Å². The van der Waals surface area contributed by atoms with Crippen molar-refractivity contribution >= 4 is 12.2 Å². The monoisotopic (exact) mass is 430 g/mol. The molecule has 0 saturated heterocycles. The van der Waals surface area contributed by atoms with Gasteiger partial charge in [0.1, 0.15) is 17.3 Å². The van der Waals surface area contributed by atoms with Crippen LogP contribution in [0.25, 0.3) is 17.8 Å². The standard InChI is InChI=1S/C24H23FN6O/c1-16-14-30(15-26-16)21-10-8-19(27-24(21)32-2)9-11-22-28-23-20(7-4-12-31(23)29-22)17-5-3-6-18(25)13-17/h3,5-6,8-11,13-15,20H,4,7,12H2,1-2H3. The Bertz CT molecular complexity index is 1290. The zero-order valence-corrected chi connectivity index (χ0v) is 17.9. The molecule has 0 spiro atoms. The van der Waals surface area contributed by atoms with Gasteiger partial charge in [0.15, 0.2) is 5.82 Å². The summed E-state index contributed by atoms with van der Waals surface area (Å²) in [4.78, 5) is 13.6. The number of hydrogen-bond acceptors (Lipinski definition) is 5. The van der Waals surface area contributed by atoms with Crippen molar-refractivity contribution in [3.05, 3.63) is 83.3 Å². The molecule has 1 aliphatic heterocycles. The summed E-state index contributed by atoms with van der Waals surface area (Å²) in [5.74, 6) is 1.81.